The summed E-state index contributed by atoms with van der Waals surface area (Å²) in [5, 5.41) is 3.40. The Balaban J connectivity index is 1.50. The maximum atomic E-state index is 12.5. The normalized spacial score (nSPS) is 11.4. The number of rotatable bonds is 9. The molecular weight excluding hydrogens is 410 g/mol. The van der Waals surface area contributed by atoms with Gasteiger partial charge in [-0.2, -0.15) is 0 Å². The van der Waals surface area contributed by atoms with Crippen LogP contribution in [0.5, 0.6) is 5.75 Å². The second-order valence-electron chi connectivity index (χ2n) is 7.75. The van der Waals surface area contributed by atoms with E-state index in [1.165, 1.54) is 7.11 Å². The molecule has 4 rings (SSSR count). The molecule has 0 aliphatic heterocycles. The highest BCUT2D eigenvalue weighted by atomic mass is 16.5. The molecule has 1 atom stereocenters. The molecule has 0 radical (unpaired) electrons. The Morgan fingerprint density at radius 3 is 2.03 bits per heavy atom. The van der Waals surface area contributed by atoms with Crippen molar-refractivity contribution in [3.63, 3.8) is 0 Å². The fraction of sp³-hybridized carbons (Fsp3) is 0.138. The zero-order valence-electron chi connectivity index (χ0n) is 18.6. The summed E-state index contributed by atoms with van der Waals surface area (Å²) >= 11 is 0. The van der Waals surface area contributed by atoms with E-state index in [9.17, 15) is 4.79 Å². The number of hydrogen-bond acceptors (Lipinski definition) is 4. The molecule has 0 unspecified atom stereocenters. The van der Waals surface area contributed by atoms with Crippen LogP contribution < -0.4 is 10.1 Å². The summed E-state index contributed by atoms with van der Waals surface area (Å²) < 4.78 is 11.0. The molecule has 0 aliphatic rings. The molecule has 0 saturated heterocycles. The van der Waals surface area contributed by atoms with Crippen molar-refractivity contribution in [2.75, 3.05) is 12.4 Å². The quantitative estimate of drug-likeness (QED) is 0.320. The number of hydrogen-bond donors (Lipinski definition) is 1. The Hall–Kier alpha value is -4.05. The standard InChI is InChI=1S/C29H27NO3/c1-32-29(31)28(20-22-10-4-2-5-11-22)30-27-15-9-8-14-26(27)24-16-18-25(19-17-24)33-21-23-12-6-3-7-13-23/h2-19,28,30H,20-21H2,1H3/t28-/m0/s1. The molecule has 0 amide bonds. The van der Waals surface area contributed by atoms with Crippen molar-refractivity contribution in [2.45, 2.75) is 19.1 Å². The van der Waals surface area contributed by atoms with Gasteiger partial charge in [0.1, 0.15) is 18.4 Å². The van der Waals surface area contributed by atoms with Crippen LogP contribution in [-0.2, 0) is 22.6 Å². The van der Waals surface area contributed by atoms with Gasteiger partial charge >= 0.3 is 5.97 Å². The Morgan fingerprint density at radius 1 is 0.758 bits per heavy atom. The lowest BCUT2D eigenvalue weighted by Gasteiger charge is -2.20. The smallest absolute Gasteiger partial charge is 0.328 e. The lowest BCUT2D eigenvalue weighted by atomic mass is 10.0. The SMILES string of the molecule is COC(=O)[C@H](Cc1ccccc1)Nc1ccccc1-c1ccc(OCc2ccccc2)cc1. The maximum Gasteiger partial charge on any atom is 0.328 e. The summed E-state index contributed by atoms with van der Waals surface area (Å²) in [6.07, 6.45) is 0.536. The Bertz CT molecular complexity index is 1160. The molecule has 33 heavy (non-hydrogen) atoms. The minimum absolute atomic E-state index is 0.293. The molecule has 4 heteroatoms. The molecule has 1 N–H and O–H groups in total. The van der Waals surface area contributed by atoms with Crippen molar-refractivity contribution in [3.8, 4) is 16.9 Å². The molecule has 0 spiro atoms. The van der Waals surface area contributed by atoms with Gasteiger partial charge in [0.25, 0.3) is 0 Å². The van der Waals surface area contributed by atoms with Gasteiger partial charge in [-0.05, 0) is 34.9 Å². The third-order valence-electron chi connectivity index (χ3n) is 5.44. The number of anilines is 1. The van der Waals surface area contributed by atoms with Gasteiger partial charge < -0.3 is 14.8 Å². The van der Waals surface area contributed by atoms with Gasteiger partial charge in [0.05, 0.1) is 7.11 Å². The lowest BCUT2D eigenvalue weighted by molar-refractivity contribution is -0.141. The lowest BCUT2D eigenvalue weighted by Crippen LogP contribution is -2.33. The highest BCUT2D eigenvalue weighted by molar-refractivity contribution is 5.84. The largest absolute Gasteiger partial charge is 0.489 e. The number of benzene rings is 4. The predicted octanol–water partition coefficient (Wildman–Crippen LogP) is 6.13. The molecule has 0 aromatic heterocycles. The summed E-state index contributed by atoms with van der Waals surface area (Å²) in [6.45, 7) is 0.526. The number of nitrogens with one attached hydrogen (secondary N) is 1. The average Bonchev–Trinajstić information content (AvgIpc) is 2.88. The van der Waals surface area contributed by atoms with Crippen molar-refractivity contribution in [3.05, 3.63) is 120 Å². The molecule has 0 saturated carbocycles. The minimum Gasteiger partial charge on any atom is -0.489 e. The van der Waals surface area contributed by atoms with Gasteiger partial charge in [0, 0.05) is 17.7 Å². The van der Waals surface area contributed by atoms with E-state index in [0.29, 0.717) is 13.0 Å². The summed E-state index contributed by atoms with van der Waals surface area (Å²) in [5.74, 6) is 0.517. The van der Waals surface area contributed by atoms with E-state index >= 15 is 0 Å². The first-order valence-corrected chi connectivity index (χ1v) is 11.0. The van der Waals surface area contributed by atoms with Crippen molar-refractivity contribution >= 4 is 11.7 Å². The first-order chi connectivity index (χ1) is 16.2. The Labute approximate surface area is 194 Å². The molecule has 166 valence electrons. The van der Waals surface area contributed by atoms with Crippen LogP contribution in [0.2, 0.25) is 0 Å². The summed E-state index contributed by atoms with van der Waals surface area (Å²) in [5.41, 5.74) is 5.12. The third-order valence-corrected chi connectivity index (χ3v) is 5.44. The van der Waals surface area contributed by atoms with Crippen LogP contribution in [0, 0.1) is 0 Å². The first kappa shape index (κ1) is 22.2. The summed E-state index contributed by atoms with van der Waals surface area (Å²) in [7, 11) is 1.42. The van der Waals surface area contributed by atoms with E-state index in [4.69, 9.17) is 9.47 Å². The van der Waals surface area contributed by atoms with E-state index in [-0.39, 0.29) is 5.97 Å². The van der Waals surface area contributed by atoms with Gasteiger partial charge in [0.2, 0.25) is 0 Å². The van der Waals surface area contributed by atoms with Crippen molar-refractivity contribution in [1.29, 1.82) is 0 Å². The third kappa shape index (κ3) is 6.01. The fourth-order valence-electron chi connectivity index (χ4n) is 3.71. The second kappa shape index (κ2) is 11.0. The molecule has 4 aromatic rings. The summed E-state index contributed by atoms with van der Waals surface area (Å²) in [4.78, 5) is 12.5. The van der Waals surface area contributed by atoms with E-state index in [1.807, 2.05) is 109 Å². The monoisotopic (exact) mass is 437 g/mol. The Kier molecular flexibility index (Phi) is 7.39. The van der Waals surface area contributed by atoms with Crippen molar-refractivity contribution in [2.24, 2.45) is 0 Å². The number of carbonyl (C=O) groups is 1. The number of methoxy groups -OCH3 is 1. The molecule has 4 nitrogen and oxygen atoms in total. The van der Waals surface area contributed by atoms with Crippen LogP contribution in [0.4, 0.5) is 5.69 Å². The first-order valence-electron chi connectivity index (χ1n) is 11.0. The Morgan fingerprint density at radius 2 is 1.36 bits per heavy atom. The molecule has 0 bridgehead atoms. The van der Waals surface area contributed by atoms with Crippen LogP contribution >= 0.6 is 0 Å². The van der Waals surface area contributed by atoms with E-state index in [0.717, 1.165) is 33.7 Å². The van der Waals surface area contributed by atoms with E-state index < -0.39 is 6.04 Å². The second-order valence-corrected chi connectivity index (χ2v) is 7.75. The topological polar surface area (TPSA) is 47.6 Å². The molecule has 4 aromatic carbocycles. The highest BCUT2D eigenvalue weighted by Gasteiger charge is 2.21. The van der Waals surface area contributed by atoms with Gasteiger partial charge in [0.15, 0.2) is 0 Å². The van der Waals surface area contributed by atoms with Gasteiger partial charge in [-0.3, -0.25) is 0 Å². The predicted molar refractivity (Wildman–Crippen MR) is 132 cm³/mol. The van der Waals surface area contributed by atoms with E-state index in [1.54, 1.807) is 0 Å². The number of para-hydroxylation sites is 1. The van der Waals surface area contributed by atoms with Crippen LogP contribution in [-0.4, -0.2) is 19.1 Å². The van der Waals surface area contributed by atoms with Crippen molar-refractivity contribution in [1.82, 2.24) is 0 Å². The van der Waals surface area contributed by atoms with E-state index in [2.05, 4.69) is 5.32 Å². The molecule has 0 aliphatic carbocycles. The zero-order valence-corrected chi connectivity index (χ0v) is 18.6. The molecule has 0 fully saturated rings. The average molecular weight is 438 g/mol. The minimum atomic E-state index is -0.493. The van der Waals surface area contributed by atoms with Crippen LogP contribution in [0.25, 0.3) is 11.1 Å². The number of esters is 1. The van der Waals surface area contributed by atoms with Gasteiger partial charge in [-0.15, -0.1) is 0 Å². The molecule has 0 heterocycles. The fourth-order valence-corrected chi connectivity index (χ4v) is 3.71. The summed E-state index contributed by atoms with van der Waals surface area (Å²) in [6, 6.07) is 35.5. The van der Waals surface area contributed by atoms with Crippen molar-refractivity contribution < 1.29 is 14.3 Å². The van der Waals surface area contributed by atoms with Crippen LogP contribution in [0.15, 0.2) is 109 Å². The highest BCUT2D eigenvalue weighted by Crippen LogP contribution is 2.30. The number of ether oxygens (including phenoxy) is 2. The van der Waals surface area contributed by atoms with Gasteiger partial charge in [-0.25, -0.2) is 4.79 Å². The maximum absolute atomic E-state index is 12.5. The van der Waals surface area contributed by atoms with Gasteiger partial charge in [-0.1, -0.05) is 91.0 Å². The van der Waals surface area contributed by atoms with Crippen LogP contribution in [0.3, 0.4) is 0 Å². The molecular formula is C29H27NO3. The number of carbonyl (C=O) groups excluding carboxylic acids is 1. The van der Waals surface area contributed by atoms with Crippen LogP contribution in [0.1, 0.15) is 11.1 Å². The zero-order chi connectivity index (χ0) is 22.9.